The van der Waals surface area contributed by atoms with Gasteiger partial charge in [-0.2, -0.15) is 4.31 Å². The van der Waals surface area contributed by atoms with Gasteiger partial charge in [0.25, 0.3) is 0 Å². The molecule has 1 heterocycles. The van der Waals surface area contributed by atoms with Gasteiger partial charge in [0.1, 0.15) is 5.54 Å². The standard InChI is InChI=1S/C22H26ClN3O3S/c1-14(2)19-12-22(19,21(24)27)26(30(28,29)18-6-4-17(23)5-7-18)13-15-3-8-20-16(11-15)9-10-25-20/h3-8,11,14,19,25H,9-10,12-13H2,1-2H3,(H2,24,27). The van der Waals surface area contributed by atoms with Crippen LogP contribution < -0.4 is 11.1 Å². The highest BCUT2D eigenvalue weighted by Gasteiger charge is 2.66. The average molecular weight is 448 g/mol. The third-order valence-corrected chi connectivity index (χ3v) is 8.42. The predicted octanol–water partition coefficient (Wildman–Crippen LogP) is 3.40. The number of nitrogens with zero attached hydrogens (tertiary/aromatic N) is 1. The Balaban J connectivity index is 1.79. The lowest BCUT2D eigenvalue weighted by Gasteiger charge is -2.31. The first-order chi connectivity index (χ1) is 14.2. The van der Waals surface area contributed by atoms with E-state index in [1.807, 2.05) is 32.0 Å². The molecule has 1 aliphatic heterocycles. The molecule has 1 amide bonds. The third-order valence-electron chi connectivity index (χ3n) is 6.27. The number of hydrogen-bond donors (Lipinski definition) is 2. The molecule has 30 heavy (non-hydrogen) atoms. The maximum atomic E-state index is 13.7. The molecule has 1 aliphatic carbocycles. The van der Waals surface area contributed by atoms with Crippen LogP contribution in [0.15, 0.2) is 47.4 Å². The quantitative estimate of drug-likeness (QED) is 0.680. The molecule has 1 fully saturated rings. The summed E-state index contributed by atoms with van der Waals surface area (Å²) >= 11 is 5.95. The summed E-state index contributed by atoms with van der Waals surface area (Å²) in [6.07, 6.45) is 1.32. The summed E-state index contributed by atoms with van der Waals surface area (Å²) in [5, 5.41) is 3.75. The molecule has 0 radical (unpaired) electrons. The molecule has 0 aromatic heterocycles. The number of fused-ring (bicyclic) bond motifs is 1. The van der Waals surface area contributed by atoms with E-state index in [0.717, 1.165) is 29.8 Å². The largest absolute Gasteiger partial charge is 0.384 e. The van der Waals surface area contributed by atoms with E-state index in [1.54, 1.807) is 0 Å². The lowest BCUT2D eigenvalue weighted by atomic mass is 10.0. The van der Waals surface area contributed by atoms with Crippen molar-refractivity contribution < 1.29 is 13.2 Å². The van der Waals surface area contributed by atoms with Crippen molar-refractivity contribution in [1.29, 1.82) is 0 Å². The summed E-state index contributed by atoms with van der Waals surface area (Å²) in [5.41, 5.74) is 7.67. The zero-order chi connectivity index (χ0) is 21.7. The van der Waals surface area contributed by atoms with Crippen molar-refractivity contribution in [2.24, 2.45) is 17.6 Å². The van der Waals surface area contributed by atoms with Crippen LogP contribution in [0.5, 0.6) is 0 Å². The van der Waals surface area contributed by atoms with Gasteiger partial charge >= 0.3 is 0 Å². The molecule has 2 atom stereocenters. The third kappa shape index (κ3) is 3.49. The number of halogens is 1. The van der Waals surface area contributed by atoms with Gasteiger partial charge in [-0.1, -0.05) is 37.6 Å². The maximum Gasteiger partial charge on any atom is 0.244 e. The van der Waals surface area contributed by atoms with Crippen LogP contribution >= 0.6 is 11.6 Å². The average Bonchev–Trinajstić information content (AvgIpc) is 3.29. The summed E-state index contributed by atoms with van der Waals surface area (Å²) in [7, 11) is -3.98. The molecule has 0 spiro atoms. The Bertz CT molecular complexity index is 1090. The normalized spacial score (nSPS) is 22.8. The number of nitrogens with one attached hydrogen (secondary N) is 1. The molecular weight excluding hydrogens is 422 g/mol. The number of anilines is 1. The topological polar surface area (TPSA) is 92.5 Å². The van der Waals surface area contributed by atoms with Crippen LogP contribution in [0.25, 0.3) is 0 Å². The summed E-state index contributed by atoms with van der Waals surface area (Å²) < 4.78 is 28.7. The van der Waals surface area contributed by atoms with Crippen molar-refractivity contribution in [2.75, 3.05) is 11.9 Å². The van der Waals surface area contributed by atoms with Gasteiger partial charge in [-0.05, 0) is 66.1 Å². The fourth-order valence-corrected chi connectivity index (χ4v) is 6.46. The Hall–Kier alpha value is -2.09. The number of primary amides is 1. The summed E-state index contributed by atoms with van der Waals surface area (Å²) in [6, 6.07) is 11.9. The van der Waals surface area contributed by atoms with Crippen LogP contribution in [0.2, 0.25) is 5.02 Å². The van der Waals surface area contributed by atoms with E-state index in [9.17, 15) is 13.2 Å². The summed E-state index contributed by atoms with van der Waals surface area (Å²) in [5.74, 6) is -0.584. The first-order valence-corrected chi connectivity index (χ1v) is 11.9. The van der Waals surface area contributed by atoms with E-state index < -0.39 is 21.5 Å². The Morgan fingerprint density at radius 2 is 1.97 bits per heavy atom. The van der Waals surface area contributed by atoms with Crippen LogP contribution in [0.1, 0.15) is 31.4 Å². The van der Waals surface area contributed by atoms with Crippen molar-refractivity contribution in [3.05, 3.63) is 58.6 Å². The van der Waals surface area contributed by atoms with E-state index in [4.69, 9.17) is 17.3 Å². The number of amides is 1. The fourth-order valence-electron chi connectivity index (χ4n) is 4.55. The molecule has 1 saturated carbocycles. The minimum absolute atomic E-state index is 0.0877. The van der Waals surface area contributed by atoms with E-state index in [-0.39, 0.29) is 23.3 Å². The van der Waals surface area contributed by atoms with Gasteiger partial charge in [0.05, 0.1) is 4.90 Å². The van der Waals surface area contributed by atoms with Gasteiger partial charge in [-0.3, -0.25) is 4.79 Å². The van der Waals surface area contributed by atoms with E-state index >= 15 is 0 Å². The van der Waals surface area contributed by atoms with Gasteiger partial charge in [-0.15, -0.1) is 0 Å². The first-order valence-electron chi connectivity index (χ1n) is 10.1. The van der Waals surface area contributed by atoms with Gasteiger partial charge < -0.3 is 11.1 Å². The van der Waals surface area contributed by atoms with Gasteiger partial charge in [0.2, 0.25) is 15.9 Å². The van der Waals surface area contributed by atoms with Crippen molar-refractivity contribution in [1.82, 2.24) is 4.31 Å². The molecule has 3 N–H and O–H groups in total. The molecule has 0 bridgehead atoms. The Labute approximate surface area is 182 Å². The van der Waals surface area contributed by atoms with Crippen molar-refractivity contribution in [2.45, 2.75) is 43.7 Å². The Kier molecular flexibility index (Phi) is 5.33. The highest BCUT2D eigenvalue weighted by Crippen LogP contribution is 2.54. The molecule has 2 aromatic rings. The van der Waals surface area contributed by atoms with Crippen LogP contribution in [0, 0.1) is 11.8 Å². The second-order valence-corrected chi connectivity index (χ2v) is 10.8. The number of hydrogen-bond acceptors (Lipinski definition) is 4. The SMILES string of the molecule is CC(C)C1CC1(C(N)=O)N(Cc1ccc2c(c1)CCN2)S(=O)(=O)c1ccc(Cl)cc1. The molecule has 2 unspecified atom stereocenters. The number of nitrogens with two attached hydrogens (primary N) is 1. The van der Waals surface area contributed by atoms with Gasteiger partial charge in [0, 0.05) is 23.8 Å². The maximum absolute atomic E-state index is 13.7. The molecule has 2 aromatic carbocycles. The highest BCUT2D eigenvalue weighted by atomic mass is 35.5. The van der Waals surface area contributed by atoms with Crippen LogP contribution in [-0.4, -0.2) is 30.7 Å². The minimum Gasteiger partial charge on any atom is -0.384 e. The molecule has 160 valence electrons. The zero-order valence-electron chi connectivity index (χ0n) is 17.1. The monoisotopic (exact) mass is 447 g/mol. The molecular formula is C22H26ClN3O3S. The molecule has 2 aliphatic rings. The second kappa shape index (κ2) is 7.55. The first kappa shape index (κ1) is 21.2. The second-order valence-electron chi connectivity index (χ2n) is 8.48. The van der Waals surface area contributed by atoms with E-state index in [2.05, 4.69) is 5.32 Å². The summed E-state index contributed by atoms with van der Waals surface area (Å²) in [6.45, 7) is 4.93. The number of carbonyl (C=O) groups is 1. The molecule has 6 nitrogen and oxygen atoms in total. The van der Waals surface area contributed by atoms with E-state index in [0.29, 0.717) is 11.4 Å². The smallest absolute Gasteiger partial charge is 0.244 e. The lowest BCUT2D eigenvalue weighted by molar-refractivity contribution is -0.123. The molecule has 4 rings (SSSR count). The number of rotatable bonds is 7. The van der Waals surface area contributed by atoms with Crippen LogP contribution in [0.4, 0.5) is 5.69 Å². The fraction of sp³-hybridized carbons (Fsp3) is 0.409. The minimum atomic E-state index is -3.98. The zero-order valence-corrected chi connectivity index (χ0v) is 18.6. The molecule has 0 saturated heterocycles. The lowest BCUT2D eigenvalue weighted by Crippen LogP contribution is -2.51. The van der Waals surface area contributed by atoms with Gasteiger partial charge in [-0.25, -0.2) is 8.42 Å². The van der Waals surface area contributed by atoms with E-state index in [1.165, 1.54) is 28.6 Å². The Morgan fingerprint density at radius 1 is 1.27 bits per heavy atom. The highest BCUT2D eigenvalue weighted by molar-refractivity contribution is 7.89. The van der Waals surface area contributed by atoms with Crippen molar-refractivity contribution >= 4 is 33.2 Å². The van der Waals surface area contributed by atoms with Crippen LogP contribution in [0.3, 0.4) is 0 Å². The van der Waals surface area contributed by atoms with Crippen molar-refractivity contribution in [3.8, 4) is 0 Å². The number of sulfonamides is 1. The van der Waals surface area contributed by atoms with Crippen LogP contribution in [-0.2, 0) is 27.8 Å². The van der Waals surface area contributed by atoms with Gasteiger partial charge in [0.15, 0.2) is 0 Å². The summed E-state index contributed by atoms with van der Waals surface area (Å²) in [4.78, 5) is 12.7. The predicted molar refractivity (Wildman–Crippen MR) is 118 cm³/mol. The Morgan fingerprint density at radius 3 is 2.57 bits per heavy atom. The number of benzene rings is 2. The number of carbonyl (C=O) groups excluding carboxylic acids is 1. The molecule has 8 heteroatoms. The van der Waals surface area contributed by atoms with Crippen molar-refractivity contribution in [3.63, 3.8) is 0 Å².